The topological polar surface area (TPSA) is 128 Å². The minimum atomic E-state index is -3.72. The summed E-state index contributed by atoms with van der Waals surface area (Å²) in [4.78, 5) is 16.5. The van der Waals surface area contributed by atoms with Gasteiger partial charge in [-0.25, -0.2) is 13.6 Å². The monoisotopic (exact) mass is 394 g/mol. The van der Waals surface area contributed by atoms with Crippen molar-refractivity contribution in [2.45, 2.75) is 63.3 Å². The van der Waals surface area contributed by atoms with E-state index < -0.39 is 10.0 Å². The first-order valence-electron chi connectivity index (χ1n) is 8.72. The molecule has 3 N–H and O–H groups in total. The molecule has 0 saturated carbocycles. The SMILES string of the molecule is CC(NC(=O)CCCc1nc(C(C)(C)C)no1)c1ccc(S(N)(=O)=O)cc1. The van der Waals surface area contributed by atoms with Crippen LogP contribution in [0.15, 0.2) is 33.7 Å². The number of aryl methyl sites for hydroxylation is 1. The maximum Gasteiger partial charge on any atom is 0.238 e. The molecule has 1 aromatic carbocycles. The number of amides is 1. The Morgan fingerprint density at radius 3 is 2.41 bits per heavy atom. The van der Waals surface area contributed by atoms with Gasteiger partial charge in [-0.1, -0.05) is 38.1 Å². The second kappa shape index (κ2) is 8.18. The molecule has 8 nitrogen and oxygen atoms in total. The average molecular weight is 394 g/mol. The van der Waals surface area contributed by atoms with Crippen molar-refractivity contribution in [2.24, 2.45) is 5.14 Å². The lowest BCUT2D eigenvalue weighted by molar-refractivity contribution is -0.121. The van der Waals surface area contributed by atoms with E-state index in [4.69, 9.17) is 9.66 Å². The number of hydrogen-bond donors (Lipinski definition) is 2. The standard InChI is InChI=1S/C18H26N4O4S/c1-12(13-8-10-14(11-9-13)27(19,24)25)20-15(23)6-5-7-16-21-17(22-26-16)18(2,3)4/h8-12H,5-7H2,1-4H3,(H,20,23)(H2,19,24,25). The van der Waals surface area contributed by atoms with Crippen LogP contribution in [0.2, 0.25) is 0 Å². The van der Waals surface area contributed by atoms with E-state index >= 15 is 0 Å². The van der Waals surface area contributed by atoms with Crippen LogP contribution < -0.4 is 10.5 Å². The van der Waals surface area contributed by atoms with Crippen LogP contribution >= 0.6 is 0 Å². The number of nitrogens with two attached hydrogens (primary N) is 1. The molecule has 1 heterocycles. The van der Waals surface area contributed by atoms with Gasteiger partial charge in [0, 0.05) is 18.3 Å². The maximum atomic E-state index is 12.1. The fraction of sp³-hybridized carbons (Fsp3) is 0.500. The molecule has 2 rings (SSSR count). The molecule has 0 aliphatic rings. The van der Waals surface area contributed by atoms with E-state index in [9.17, 15) is 13.2 Å². The normalized spacial score (nSPS) is 13.4. The Morgan fingerprint density at radius 2 is 1.89 bits per heavy atom. The molecule has 0 spiro atoms. The van der Waals surface area contributed by atoms with Gasteiger partial charge in [0.2, 0.25) is 21.8 Å². The summed E-state index contributed by atoms with van der Waals surface area (Å²) in [6, 6.07) is 5.88. The molecule has 0 radical (unpaired) electrons. The van der Waals surface area contributed by atoms with Crippen molar-refractivity contribution in [2.75, 3.05) is 0 Å². The van der Waals surface area contributed by atoms with Crippen LogP contribution in [0.5, 0.6) is 0 Å². The van der Waals surface area contributed by atoms with E-state index in [1.807, 2.05) is 27.7 Å². The molecule has 0 bridgehead atoms. The summed E-state index contributed by atoms with van der Waals surface area (Å²) < 4.78 is 27.8. The molecular weight excluding hydrogens is 368 g/mol. The Kier molecular flexibility index (Phi) is 6.38. The number of aromatic nitrogens is 2. The molecule has 148 valence electrons. The maximum absolute atomic E-state index is 12.1. The van der Waals surface area contributed by atoms with E-state index in [1.54, 1.807) is 12.1 Å². The van der Waals surface area contributed by atoms with Gasteiger partial charge in [0.15, 0.2) is 5.82 Å². The van der Waals surface area contributed by atoms with Crippen LogP contribution in [0, 0.1) is 0 Å². The molecule has 0 fully saturated rings. The molecule has 1 amide bonds. The number of rotatable bonds is 7. The number of primary sulfonamides is 1. The van der Waals surface area contributed by atoms with E-state index in [0.29, 0.717) is 31.0 Å². The number of carbonyl (C=O) groups excluding carboxylic acids is 1. The number of carbonyl (C=O) groups is 1. The zero-order chi connectivity index (χ0) is 20.2. The van der Waals surface area contributed by atoms with Gasteiger partial charge in [0.25, 0.3) is 0 Å². The van der Waals surface area contributed by atoms with Gasteiger partial charge in [-0.3, -0.25) is 4.79 Å². The van der Waals surface area contributed by atoms with Crippen molar-refractivity contribution in [1.82, 2.24) is 15.5 Å². The third-order valence-electron chi connectivity index (χ3n) is 4.02. The van der Waals surface area contributed by atoms with Gasteiger partial charge in [0.1, 0.15) is 0 Å². The predicted octanol–water partition coefficient (Wildman–Crippen LogP) is 2.21. The van der Waals surface area contributed by atoms with Gasteiger partial charge < -0.3 is 9.84 Å². The first kappa shape index (κ1) is 21.0. The second-order valence-corrected chi connectivity index (χ2v) is 9.08. The molecule has 0 saturated heterocycles. The fourth-order valence-corrected chi connectivity index (χ4v) is 2.92. The second-order valence-electron chi connectivity index (χ2n) is 7.52. The van der Waals surface area contributed by atoms with Gasteiger partial charge in [-0.05, 0) is 31.0 Å². The summed E-state index contributed by atoms with van der Waals surface area (Å²) in [5.41, 5.74) is 0.621. The van der Waals surface area contributed by atoms with Crippen molar-refractivity contribution < 1.29 is 17.7 Å². The zero-order valence-electron chi connectivity index (χ0n) is 16.0. The summed E-state index contributed by atoms with van der Waals surface area (Å²) in [7, 11) is -3.72. The summed E-state index contributed by atoms with van der Waals surface area (Å²) in [6.45, 7) is 7.85. The first-order chi connectivity index (χ1) is 12.5. The summed E-state index contributed by atoms with van der Waals surface area (Å²) in [5.74, 6) is 1.08. The van der Waals surface area contributed by atoms with Crippen molar-refractivity contribution >= 4 is 15.9 Å². The van der Waals surface area contributed by atoms with Crippen LogP contribution in [-0.4, -0.2) is 24.5 Å². The number of nitrogens with one attached hydrogen (secondary N) is 1. The largest absolute Gasteiger partial charge is 0.350 e. The third-order valence-corrected chi connectivity index (χ3v) is 4.95. The lowest BCUT2D eigenvalue weighted by atomic mass is 9.96. The Labute approximate surface area is 159 Å². The smallest absolute Gasteiger partial charge is 0.238 e. The Balaban J connectivity index is 1.82. The quantitative estimate of drug-likeness (QED) is 0.741. The molecule has 1 unspecified atom stereocenters. The molecule has 27 heavy (non-hydrogen) atoms. The Hall–Kier alpha value is -2.26. The van der Waals surface area contributed by atoms with Gasteiger partial charge in [-0.2, -0.15) is 4.98 Å². The molecule has 1 atom stereocenters. The summed E-state index contributed by atoms with van der Waals surface area (Å²) in [6.07, 6.45) is 1.45. The molecule has 9 heteroatoms. The Bertz CT molecular complexity index is 883. The van der Waals surface area contributed by atoms with E-state index in [0.717, 1.165) is 5.56 Å². The van der Waals surface area contributed by atoms with Crippen LogP contribution in [-0.2, 0) is 26.7 Å². The highest BCUT2D eigenvalue weighted by Gasteiger charge is 2.21. The summed E-state index contributed by atoms with van der Waals surface area (Å²) >= 11 is 0. The van der Waals surface area contributed by atoms with Gasteiger partial charge >= 0.3 is 0 Å². The minimum Gasteiger partial charge on any atom is -0.350 e. The molecular formula is C18H26N4O4S. The molecule has 0 aliphatic carbocycles. The Morgan fingerprint density at radius 1 is 1.26 bits per heavy atom. The highest BCUT2D eigenvalue weighted by molar-refractivity contribution is 7.89. The zero-order valence-corrected chi connectivity index (χ0v) is 16.8. The summed E-state index contributed by atoms with van der Waals surface area (Å²) in [5, 5.41) is 11.9. The highest BCUT2D eigenvalue weighted by Crippen LogP contribution is 2.19. The van der Waals surface area contributed by atoms with Crippen molar-refractivity contribution in [1.29, 1.82) is 0 Å². The fourth-order valence-electron chi connectivity index (χ4n) is 2.40. The molecule has 2 aromatic rings. The van der Waals surface area contributed by atoms with E-state index in [-0.39, 0.29) is 22.3 Å². The minimum absolute atomic E-state index is 0.0407. The number of benzene rings is 1. The van der Waals surface area contributed by atoms with Crippen molar-refractivity contribution in [3.63, 3.8) is 0 Å². The highest BCUT2D eigenvalue weighted by atomic mass is 32.2. The molecule has 0 aliphatic heterocycles. The lowest BCUT2D eigenvalue weighted by Gasteiger charge is -2.14. The van der Waals surface area contributed by atoms with Gasteiger partial charge in [-0.15, -0.1) is 0 Å². The van der Waals surface area contributed by atoms with Crippen LogP contribution in [0.4, 0.5) is 0 Å². The predicted molar refractivity (Wildman–Crippen MR) is 100 cm³/mol. The van der Waals surface area contributed by atoms with Crippen molar-refractivity contribution in [3.05, 3.63) is 41.5 Å². The lowest BCUT2D eigenvalue weighted by Crippen LogP contribution is -2.26. The third kappa shape index (κ3) is 6.14. The van der Waals surface area contributed by atoms with Crippen LogP contribution in [0.3, 0.4) is 0 Å². The number of nitrogens with zero attached hydrogens (tertiary/aromatic N) is 2. The first-order valence-corrected chi connectivity index (χ1v) is 10.3. The van der Waals surface area contributed by atoms with E-state index in [1.165, 1.54) is 12.1 Å². The van der Waals surface area contributed by atoms with Crippen LogP contribution in [0.1, 0.15) is 63.9 Å². The number of sulfonamides is 1. The average Bonchev–Trinajstić information content (AvgIpc) is 3.03. The molecule has 1 aromatic heterocycles. The van der Waals surface area contributed by atoms with Crippen LogP contribution in [0.25, 0.3) is 0 Å². The van der Waals surface area contributed by atoms with Crippen molar-refractivity contribution in [3.8, 4) is 0 Å². The van der Waals surface area contributed by atoms with Gasteiger partial charge in [0.05, 0.1) is 10.9 Å². The van der Waals surface area contributed by atoms with E-state index in [2.05, 4.69) is 15.5 Å². The number of hydrogen-bond acceptors (Lipinski definition) is 6.